The van der Waals surface area contributed by atoms with Crippen molar-refractivity contribution in [3.63, 3.8) is 0 Å². The van der Waals surface area contributed by atoms with E-state index in [9.17, 15) is 13.2 Å². The molecule has 0 fully saturated rings. The minimum atomic E-state index is -3.90. The number of sulfonamides is 1. The molecule has 0 atom stereocenters. The van der Waals surface area contributed by atoms with Gasteiger partial charge in [0.15, 0.2) is 0 Å². The summed E-state index contributed by atoms with van der Waals surface area (Å²) < 4.78 is 32.9. The van der Waals surface area contributed by atoms with Crippen molar-refractivity contribution in [1.29, 1.82) is 0 Å². The van der Waals surface area contributed by atoms with Crippen molar-refractivity contribution >= 4 is 49.4 Å². The molecule has 0 aliphatic rings. The fourth-order valence-electron chi connectivity index (χ4n) is 2.12. The van der Waals surface area contributed by atoms with Crippen LogP contribution < -0.4 is 4.31 Å². The highest BCUT2D eigenvalue weighted by Crippen LogP contribution is 2.26. The zero-order valence-corrected chi connectivity index (χ0v) is 17.0. The summed E-state index contributed by atoms with van der Waals surface area (Å²) >= 11 is 4.84. The summed E-state index contributed by atoms with van der Waals surface area (Å²) in [6, 6.07) is 13.3. The number of rotatable bonds is 7. The molecule has 2 aromatic rings. The smallest absolute Gasteiger partial charge is 0.326 e. The van der Waals surface area contributed by atoms with Gasteiger partial charge in [0.2, 0.25) is 0 Å². The van der Waals surface area contributed by atoms with Crippen molar-refractivity contribution < 1.29 is 17.9 Å². The molecule has 25 heavy (non-hydrogen) atoms. The third kappa shape index (κ3) is 4.99. The average molecular weight is 444 g/mol. The fourth-order valence-corrected chi connectivity index (χ4v) is 4.20. The highest BCUT2D eigenvalue weighted by molar-refractivity contribution is 9.10. The van der Waals surface area contributed by atoms with Crippen LogP contribution in [0, 0.1) is 0 Å². The average Bonchev–Trinajstić information content (AvgIpc) is 2.61. The maximum atomic E-state index is 13.1. The van der Waals surface area contributed by atoms with Gasteiger partial charge in [0.1, 0.15) is 6.54 Å². The number of nitrogens with zero attached hydrogens (tertiary/aromatic N) is 1. The number of benzene rings is 2. The van der Waals surface area contributed by atoms with E-state index in [2.05, 4.69) is 15.9 Å². The van der Waals surface area contributed by atoms with E-state index in [4.69, 9.17) is 4.74 Å². The molecule has 0 N–H and O–H groups in total. The molecule has 0 radical (unpaired) electrons. The Balaban J connectivity index is 2.44. The minimum Gasteiger partial charge on any atom is -0.465 e. The van der Waals surface area contributed by atoms with Gasteiger partial charge in [-0.2, -0.15) is 0 Å². The predicted molar refractivity (Wildman–Crippen MR) is 104 cm³/mol. The first kappa shape index (κ1) is 19.8. The molecule has 0 saturated carbocycles. The molecular formula is C17H18BrNO4S2. The molecule has 0 heterocycles. The van der Waals surface area contributed by atoms with Crippen molar-refractivity contribution in [2.24, 2.45) is 0 Å². The van der Waals surface area contributed by atoms with Gasteiger partial charge in [-0.15, -0.1) is 11.8 Å². The standard InChI is InChI=1S/C17H18BrNO4S2/c1-3-23-17(20)12-19(14-6-4-13(18)5-7-14)25(21,22)16-10-8-15(24-2)9-11-16/h4-11H,3,12H2,1-2H3. The third-order valence-corrected chi connectivity index (χ3v) is 6.40. The normalized spacial score (nSPS) is 11.2. The number of esters is 1. The predicted octanol–water partition coefficient (Wildman–Crippen LogP) is 3.93. The number of halogens is 1. The van der Waals surface area contributed by atoms with Gasteiger partial charge in [0.05, 0.1) is 17.2 Å². The highest BCUT2D eigenvalue weighted by Gasteiger charge is 2.27. The van der Waals surface area contributed by atoms with Gasteiger partial charge in [-0.05, 0) is 61.7 Å². The second-order valence-corrected chi connectivity index (χ2v) is 8.63. The Hall–Kier alpha value is -1.51. The van der Waals surface area contributed by atoms with Crippen LogP contribution in [-0.2, 0) is 19.6 Å². The summed E-state index contributed by atoms with van der Waals surface area (Å²) in [6.07, 6.45) is 1.92. The molecule has 0 aromatic heterocycles. The van der Waals surface area contributed by atoms with Crippen LogP contribution in [0.15, 0.2) is 62.8 Å². The number of hydrogen-bond acceptors (Lipinski definition) is 5. The third-order valence-electron chi connectivity index (χ3n) is 3.34. The van der Waals surface area contributed by atoms with Crippen molar-refractivity contribution in [3.8, 4) is 0 Å². The van der Waals surface area contributed by atoms with E-state index in [0.717, 1.165) is 13.7 Å². The van der Waals surface area contributed by atoms with E-state index in [1.54, 1.807) is 43.3 Å². The SMILES string of the molecule is CCOC(=O)CN(c1ccc(Br)cc1)S(=O)(=O)c1ccc(SC)cc1. The topological polar surface area (TPSA) is 63.7 Å². The van der Waals surface area contributed by atoms with Gasteiger partial charge in [-0.25, -0.2) is 8.42 Å². The second-order valence-electron chi connectivity index (χ2n) is 4.97. The lowest BCUT2D eigenvalue weighted by Crippen LogP contribution is -2.36. The Kier molecular flexibility index (Phi) is 6.92. The molecule has 5 nitrogen and oxygen atoms in total. The van der Waals surface area contributed by atoms with Crippen LogP contribution in [0.3, 0.4) is 0 Å². The van der Waals surface area contributed by atoms with Gasteiger partial charge >= 0.3 is 5.97 Å². The van der Waals surface area contributed by atoms with Crippen molar-refractivity contribution in [1.82, 2.24) is 0 Å². The molecule has 2 aromatic carbocycles. The van der Waals surface area contributed by atoms with Gasteiger partial charge in [0, 0.05) is 9.37 Å². The van der Waals surface area contributed by atoms with Gasteiger partial charge in [0.25, 0.3) is 10.0 Å². The van der Waals surface area contributed by atoms with Crippen molar-refractivity contribution in [3.05, 3.63) is 53.0 Å². The van der Waals surface area contributed by atoms with Gasteiger partial charge in [-0.1, -0.05) is 15.9 Å². The summed E-state index contributed by atoms with van der Waals surface area (Å²) in [7, 11) is -3.90. The Morgan fingerprint density at radius 3 is 2.24 bits per heavy atom. The van der Waals surface area contributed by atoms with E-state index in [-0.39, 0.29) is 18.0 Å². The minimum absolute atomic E-state index is 0.123. The lowest BCUT2D eigenvalue weighted by Gasteiger charge is -2.23. The van der Waals surface area contributed by atoms with Gasteiger partial charge in [-0.3, -0.25) is 9.10 Å². The molecule has 0 amide bonds. The van der Waals surface area contributed by atoms with Crippen LogP contribution in [0.2, 0.25) is 0 Å². The molecule has 0 saturated heterocycles. The summed E-state index contributed by atoms with van der Waals surface area (Å²) in [5.74, 6) is -0.602. The van der Waals surface area contributed by atoms with Crippen LogP contribution >= 0.6 is 27.7 Å². The quantitative estimate of drug-likeness (QED) is 0.479. The Morgan fingerprint density at radius 2 is 1.72 bits per heavy atom. The van der Waals surface area contributed by atoms with Gasteiger partial charge < -0.3 is 4.74 Å². The van der Waals surface area contributed by atoms with Crippen LogP contribution in [0.5, 0.6) is 0 Å². The Morgan fingerprint density at radius 1 is 1.12 bits per heavy atom. The zero-order valence-electron chi connectivity index (χ0n) is 13.8. The number of ether oxygens (including phenoxy) is 1. The molecule has 134 valence electrons. The molecule has 8 heteroatoms. The fraction of sp³-hybridized carbons (Fsp3) is 0.235. The molecule has 0 aliphatic heterocycles. The summed E-state index contributed by atoms with van der Waals surface area (Å²) in [4.78, 5) is 13.0. The first-order valence-corrected chi connectivity index (χ1v) is 10.9. The maximum absolute atomic E-state index is 13.1. The van der Waals surface area contributed by atoms with Crippen LogP contribution in [-0.4, -0.2) is 33.8 Å². The monoisotopic (exact) mass is 443 g/mol. The molecule has 2 rings (SSSR count). The number of carbonyl (C=O) groups excluding carboxylic acids is 1. The lowest BCUT2D eigenvalue weighted by atomic mass is 10.3. The van der Waals surface area contributed by atoms with Crippen LogP contribution in [0.1, 0.15) is 6.92 Å². The van der Waals surface area contributed by atoms with E-state index in [0.29, 0.717) is 5.69 Å². The van der Waals surface area contributed by atoms with Crippen LogP contribution in [0.4, 0.5) is 5.69 Å². The molecule has 0 spiro atoms. The first-order valence-electron chi connectivity index (χ1n) is 7.46. The number of carbonyl (C=O) groups is 1. The summed E-state index contributed by atoms with van der Waals surface area (Å²) in [5.41, 5.74) is 0.394. The van der Waals surface area contributed by atoms with Crippen molar-refractivity contribution in [2.75, 3.05) is 23.7 Å². The lowest BCUT2D eigenvalue weighted by molar-refractivity contribution is -0.141. The Bertz CT molecular complexity index is 821. The van der Waals surface area contributed by atoms with Crippen LogP contribution in [0.25, 0.3) is 0 Å². The van der Waals surface area contributed by atoms with Crippen molar-refractivity contribution in [2.45, 2.75) is 16.7 Å². The molecule has 0 unspecified atom stereocenters. The zero-order chi connectivity index (χ0) is 18.4. The maximum Gasteiger partial charge on any atom is 0.326 e. The van der Waals surface area contributed by atoms with E-state index in [1.807, 2.05) is 6.26 Å². The summed E-state index contributed by atoms with van der Waals surface area (Å²) in [5, 5.41) is 0. The Labute approximate surface area is 160 Å². The summed E-state index contributed by atoms with van der Waals surface area (Å²) in [6.45, 7) is 1.48. The number of thioether (sulfide) groups is 1. The highest BCUT2D eigenvalue weighted by atomic mass is 79.9. The van der Waals surface area contributed by atoms with E-state index < -0.39 is 16.0 Å². The molecule has 0 aliphatic carbocycles. The molecule has 0 bridgehead atoms. The largest absolute Gasteiger partial charge is 0.465 e. The number of anilines is 1. The number of hydrogen-bond donors (Lipinski definition) is 0. The second kappa shape index (κ2) is 8.73. The van der Waals surface area contributed by atoms with E-state index in [1.165, 1.54) is 23.9 Å². The van der Waals surface area contributed by atoms with E-state index >= 15 is 0 Å². The molecular weight excluding hydrogens is 426 g/mol. The first-order chi connectivity index (χ1) is 11.9.